The van der Waals surface area contributed by atoms with Gasteiger partial charge >= 0.3 is 0 Å². The molecular weight excluding hydrogens is 220 g/mol. The summed E-state index contributed by atoms with van der Waals surface area (Å²) in [5, 5.41) is 13.7. The van der Waals surface area contributed by atoms with E-state index >= 15 is 0 Å². The zero-order valence-corrected chi connectivity index (χ0v) is 9.55. The Morgan fingerprint density at radius 3 is 2.76 bits per heavy atom. The lowest BCUT2D eigenvalue weighted by Gasteiger charge is -2.27. The molecule has 1 heterocycles. The van der Waals surface area contributed by atoms with Gasteiger partial charge in [0.2, 0.25) is 11.9 Å². The average molecular weight is 234 g/mol. The molecule has 0 radical (unpaired) electrons. The van der Waals surface area contributed by atoms with Gasteiger partial charge in [-0.05, 0) is 18.1 Å². The Morgan fingerprint density at radius 1 is 1.41 bits per heavy atom. The van der Waals surface area contributed by atoms with Gasteiger partial charge in [-0.2, -0.15) is 0 Å². The number of benzene rings is 1. The van der Waals surface area contributed by atoms with Gasteiger partial charge in [-0.1, -0.05) is 24.3 Å². The van der Waals surface area contributed by atoms with Crippen LogP contribution < -0.4 is 5.32 Å². The highest BCUT2D eigenvalue weighted by atomic mass is 16.6. The van der Waals surface area contributed by atoms with Crippen molar-refractivity contribution in [3.05, 3.63) is 45.5 Å². The molecule has 5 heteroatoms. The molecule has 2 unspecified atom stereocenters. The molecule has 1 saturated heterocycles. The second-order valence-corrected chi connectivity index (χ2v) is 4.29. The molecular formula is C12H14N2O3. The first-order chi connectivity index (χ1) is 8.09. The molecule has 90 valence electrons. The average Bonchev–Trinajstić information content (AvgIpc) is 2.29. The zero-order chi connectivity index (χ0) is 12.4. The summed E-state index contributed by atoms with van der Waals surface area (Å²) < 4.78 is 0. The minimum atomic E-state index is -0.728. The van der Waals surface area contributed by atoms with E-state index in [-0.39, 0.29) is 17.3 Å². The lowest BCUT2D eigenvalue weighted by molar-refractivity contribution is -0.529. The molecule has 0 aliphatic carbocycles. The van der Waals surface area contributed by atoms with Crippen molar-refractivity contribution in [2.45, 2.75) is 31.8 Å². The maximum absolute atomic E-state index is 11.4. The van der Waals surface area contributed by atoms with E-state index in [1.165, 1.54) is 0 Å². The Labute approximate surface area is 99.0 Å². The van der Waals surface area contributed by atoms with Crippen LogP contribution in [0.4, 0.5) is 0 Å². The second-order valence-electron chi connectivity index (χ2n) is 4.29. The van der Waals surface area contributed by atoms with Crippen LogP contribution in [0.25, 0.3) is 0 Å². The third kappa shape index (κ3) is 2.27. The number of aryl methyl sites for hydroxylation is 1. The number of carbonyl (C=O) groups is 1. The molecule has 1 aliphatic heterocycles. The first-order valence-corrected chi connectivity index (χ1v) is 5.58. The van der Waals surface area contributed by atoms with Crippen molar-refractivity contribution in [2.24, 2.45) is 0 Å². The first kappa shape index (κ1) is 11.6. The van der Waals surface area contributed by atoms with Crippen LogP contribution in [0.2, 0.25) is 0 Å². The van der Waals surface area contributed by atoms with E-state index in [0.29, 0.717) is 6.42 Å². The number of hydrogen-bond donors (Lipinski definition) is 1. The highest BCUT2D eigenvalue weighted by molar-refractivity contribution is 5.77. The highest BCUT2D eigenvalue weighted by Crippen LogP contribution is 2.28. The molecule has 1 amide bonds. The fourth-order valence-corrected chi connectivity index (χ4v) is 2.24. The maximum Gasteiger partial charge on any atom is 0.237 e. The van der Waals surface area contributed by atoms with Gasteiger partial charge in [0.1, 0.15) is 6.04 Å². The third-order valence-electron chi connectivity index (χ3n) is 3.16. The van der Waals surface area contributed by atoms with Crippen molar-refractivity contribution in [2.75, 3.05) is 0 Å². The summed E-state index contributed by atoms with van der Waals surface area (Å²) in [4.78, 5) is 22.1. The summed E-state index contributed by atoms with van der Waals surface area (Å²) in [7, 11) is 0. The Morgan fingerprint density at radius 2 is 2.12 bits per heavy atom. The van der Waals surface area contributed by atoms with Crippen LogP contribution in [-0.2, 0) is 4.79 Å². The Hall–Kier alpha value is -1.91. The topological polar surface area (TPSA) is 72.2 Å². The number of nitro groups is 1. The van der Waals surface area contributed by atoms with Crippen molar-refractivity contribution in [3.63, 3.8) is 0 Å². The quantitative estimate of drug-likeness (QED) is 0.624. The van der Waals surface area contributed by atoms with E-state index < -0.39 is 12.1 Å². The molecule has 2 atom stereocenters. The molecule has 1 fully saturated rings. The molecule has 1 aromatic rings. The summed E-state index contributed by atoms with van der Waals surface area (Å²) in [6.07, 6.45) is 0.534. The van der Waals surface area contributed by atoms with E-state index in [0.717, 1.165) is 11.1 Å². The predicted octanol–water partition coefficient (Wildman–Crippen LogP) is 1.59. The molecule has 0 aromatic heterocycles. The molecule has 0 spiro atoms. The minimum Gasteiger partial charge on any atom is -0.343 e. The Bertz CT molecular complexity index is 459. The third-order valence-corrected chi connectivity index (χ3v) is 3.16. The van der Waals surface area contributed by atoms with Gasteiger partial charge in [0, 0.05) is 17.8 Å². The standard InChI is InChI=1S/C12H14N2O3/c1-8-4-2-3-5-9(8)12-10(14(16)17)6-7-11(15)13-12/h2-5,10,12H,6-7H2,1H3,(H,13,15). The summed E-state index contributed by atoms with van der Waals surface area (Å²) in [5.41, 5.74) is 1.80. The van der Waals surface area contributed by atoms with Crippen molar-refractivity contribution in [1.29, 1.82) is 0 Å². The number of nitrogens with zero attached hydrogens (tertiary/aromatic N) is 1. The lowest BCUT2D eigenvalue weighted by atomic mass is 9.90. The molecule has 0 bridgehead atoms. The largest absolute Gasteiger partial charge is 0.343 e. The normalized spacial score (nSPS) is 24.2. The monoisotopic (exact) mass is 234 g/mol. The first-order valence-electron chi connectivity index (χ1n) is 5.58. The zero-order valence-electron chi connectivity index (χ0n) is 9.55. The van der Waals surface area contributed by atoms with E-state index in [9.17, 15) is 14.9 Å². The van der Waals surface area contributed by atoms with Crippen LogP contribution in [-0.4, -0.2) is 16.9 Å². The van der Waals surface area contributed by atoms with E-state index in [4.69, 9.17) is 0 Å². The fraction of sp³-hybridized carbons (Fsp3) is 0.417. The number of carbonyl (C=O) groups excluding carboxylic acids is 1. The molecule has 17 heavy (non-hydrogen) atoms. The summed E-state index contributed by atoms with van der Waals surface area (Å²) in [6, 6.07) is 6.21. The van der Waals surface area contributed by atoms with Crippen LogP contribution in [0.1, 0.15) is 30.0 Å². The molecule has 2 rings (SSSR count). The number of amides is 1. The Kier molecular flexibility index (Phi) is 3.08. The number of rotatable bonds is 2. The van der Waals surface area contributed by atoms with Crippen molar-refractivity contribution in [3.8, 4) is 0 Å². The van der Waals surface area contributed by atoms with Gasteiger partial charge in [0.25, 0.3) is 0 Å². The van der Waals surface area contributed by atoms with Crippen LogP contribution in [0, 0.1) is 17.0 Å². The van der Waals surface area contributed by atoms with Gasteiger partial charge in [-0.3, -0.25) is 14.9 Å². The molecule has 0 saturated carbocycles. The van der Waals surface area contributed by atoms with Gasteiger partial charge in [-0.15, -0.1) is 0 Å². The smallest absolute Gasteiger partial charge is 0.237 e. The van der Waals surface area contributed by atoms with Crippen molar-refractivity contribution < 1.29 is 9.72 Å². The summed E-state index contributed by atoms with van der Waals surface area (Å²) in [5.74, 6) is -0.114. The molecule has 1 aliphatic rings. The predicted molar refractivity (Wildman–Crippen MR) is 62.1 cm³/mol. The molecule has 1 N–H and O–H groups in total. The molecule has 1 aromatic carbocycles. The van der Waals surface area contributed by atoms with E-state index in [1.807, 2.05) is 31.2 Å². The SMILES string of the molecule is Cc1ccccc1C1NC(=O)CCC1[N+](=O)[O-]. The van der Waals surface area contributed by atoms with Crippen LogP contribution in [0.5, 0.6) is 0 Å². The number of hydrogen-bond acceptors (Lipinski definition) is 3. The van der Waals surface area contributed by atoms with Gasteiger partial charge < -0.3 is 5.32 Å². The summed E-state index contributed by atoms with van der Waals surface area (Å²) in [6.45, 7) is 1.90. The summed E-state index contributed by atoms with van der Waals surface area (Å²) >= 11 is 0. The molecule has 5 nitrogen and oxygen atoms in total. The van der Waals surface area contributed by atoms with Gasteiger partial charge in [0.15, 0.2) is 0 Å². The van der Waals surface area contributed by atoms with E-state index in [2.05, 4.69) is 5.32 Å². The highest BCUT2D eigenvalue weighted by Gasteiger charge is 2.38. The maximum atomic E-state index is 11.4. The van der Waals surface area contributed by atoms with Crippen LogP contribution in [0.3, 0.4) is 0 Å². The number of piperidine rings is 1. The minimum absolute atomic E-state index is 0.114. The number of nitrogens with one attached hydrogen (secondary N) is 1. The van der Waals surface area contributed by atoms with Crippen molar-refractivity contribution >= 4 is 5.91 Å². The van der Waals surface area contributed by atoms with Gasteiger partial charge in [-0.25, -0.2) is 0 Å². The van der Waals surface area contributed by atoms with Crippen LogP contribution in [0.15, 0.2) is 24.3 Å². The Balaban J connectivity index is 2.35. The van der Waals surface area contributed by atoms with Crippen LogP contribution >= 0.6 is 0 Å². The second kappa shape index (κ2) is 4.53. The fourth-order valence-electron chi connectivity index (χ4n) is 2.24. The lowest BCUT2D eigenvalue weighted by Crippen LogP contribution is -2.45. The van der Waals surface area contributed by atoms with E-state index in [1.54, 1.807) is 0 Å². The van der Waals surface area contributed by atoms with Crippen molar-refractivity contribution in [1.82, 2.24) is 5.32 Å². The van der Waals surface area contributed by atoms with Gasteiger partial charge in [0.05, 0.1) is 0 Å².